The Morgan fingerprint density at radius 1 is 1.14 bits per heavy atom. The lowest BCUT2D eigenvalue weighted by Crippen LogP contribution is -2.53. The summed E-state index contributed by atoms with van der Waals surface area (Å²) in [6.07, 6.45) is 1.66. The Bertz CT molecular complexity index is 1340. The van der Waals surface area contributed by atoms with Crippen LogP contribution >= 0.6 is 27.3 Å². The molecular formula is C25H27BrN4O5S. The van der Waals surface area contributed by atoms with Crippen LogP contribution in [0.5, 0.6) is 0 Å². The number of hydrogen-bond acceptors (Lipinski definition) is 6. The minimum atomic E-state index is -1.12. The van der Waals surface area contributed by atoms with Crippen molar-refractivity contribution in [1.82, 2.24) is 19.4 Å². The summed E-state index contributed by atoms with van der Waals surface area (Å²) in [5.41, 5.74) is 0.280. The molecular weight excluding hydrogens is 548 g/mol. The number of carbonyl (C=O) groups excluding carboxylic acids is 1. The molecule has 11 heteroatoms. The number of hydrogen-bond donors (Lipinski definition) is 2. The summed E-state index contributed by atoms with van der Waals surface area (Å²) < 4.78 is 2.77. The molecule has 190 valence electrons. The van der Waals surface area contributed by atoms with Gasteiger partial charge in [0.15, 0.2) is 0 Å². The van der Waals surface area contributed by atoms with Crippen LogP contribution in [0, 0.1) is 5.92 Å². The highest BCUT2D eigenvalue weighted by Gasteiger charge is 2.41. The molecule has 0 radical (unpaired) electrons. The van der Waals surface area contributed by atoms with Crippen LogP contribution in [-0.4, -0.2) is 73.3 Å². The Hall–Kier alpha value is -2.76. The maximum absolute atomic E-state index is 13.6. The number of nitrogens with zero attached hydrogens (tertiary/aromatic N) is 4. The third-order valence-corrected chi connectivity index (χ3v) is 9.27. The smallest absolute Gasteiger partial charge is 0.407 e. The van der Waals surface area contributed by atoms with Crippen LogP contribution in [0.1, 0.15) is 30.7 Å². The number of fused-ring (bicyclic) bond motifs is 1. The number of likely N-dealkylation sites (tertiary alicyclic amines) is 2. The van der Waals surface area contributed by atoms with Crippen LogP contribution < -0.4 is 5.56 Å². The molecule has 2 aromatic heterocycles. The molecule has 1 aromatic carbocycles. The number of amides is 2. The lowest BCUT2D eigenvalue weighted by Gasteiger charge is -2.42. The van der Waals surface area contributed by atoms with Crippen molar-refractivity contribution in [2.75, 3.05) is 26.2 Å². The predicted molar refractivity (Wildman–Crippen MR) is 139 cm³/mol. The Labute approximate surface area is 220 Å². The third-order valence-electron chi connectivity index (χ3n) is 7.40. The highest BCUT2D eigenvalue weighted by atomic mass is 79.9. The second kappa shape index (κ2) is 9.95. The summed E-state index contributed by atoms with van der Waals surface area (Å²) in [6.45, 7) is 1.49. The van der Waals surface area contributed by atoms with Gasteiger partial charge >= 0.3 is 6.09 Å². The lowest BCUT2D eigenvalue weighted by molar-refractivity contribution is -0.142. The van der Waals surface area contributed by atoms with Crippen molar-refractivity contribution in [3.8, 4) is 0 Å². The molecule has 2 atom stereocenters. The Morgan fingerprint density at radius 3 is 2.56 bits per heavy atom. The number of aliphatic hydroxyl groups is 1. The van der Waals surface area contributed by atoms with Gasteiger partial charge in [-0.3, -0.25) is 14.2 Å². The van der Waals surface area contributed by atoms with E-state index in [0.29, 0.717) is 49.1 Å². The van der Waals surface area contributed by atoms with E-state index in [1.54, 1.807) is 4.90 Å². The van der Waals surface area contributed by atoms with E-state index in [1.165, 1.54) is 27.1 Å². The van der Waals surface area contributed by atoms with Gasteiger partial charge in [-0.25, -0.2) is 9.78 Å². The normalized spacial score (nSPS) is 22.1. The number of carboxylic acid groups (broad SMARTS) is 1. The largest absolute Gasteiger partial charge is 0.465 e. The monoisotopic (exact) mass is 574 g/mol. The van der Waals surface area contributed by atoms with Crippen LogP contribution in [-0.2, 0) is 11.3 Å². The van der Waals surface area contributed by atoms with Gasteiger partial charge in [0, 0.05) is 43.4 Å². The molecule has 0 aliphatic carbocycles. The Kier molecular flexibility index (Phi) is 6.88. The van der Waals surface area contributed by atoms with E-state index in [9.17, 15) is 24.6 Å². The van der Waals surface area contributed by atoms with Crippen LogP contribution in [0.4, 0.5) is 4.79 Å². The van der Waals surface area contributed by atoms with E-state index in [-0.39, 0.29) is 36.4 Å². The summed E-state index contributed by atoms with van der Waals surface area (Å²) in [4.78, 5) is 45.6. The maximum Gasteiger partial charge on any atom is 0.407 e. The molecule has 4 heterocycles. The average Bonchev–Trinajstić information content (AvgIpc) is 3.27. The third kappa shape index (κ3) is 4.79. The van der Waals surface area contributed by atoms with Gasteiger partial charge in [0.05, 0.1) is 22.9 Å². The molecule has 0 unspecified atom stereocenters. The summed E-state index contributed by atoms with van der Waals surface area (Å²) in [5, 5.41) is 22.6. The zero-order valence-corrected chi connectivity index (χ0v) is 21.9. The van der Waals surface area contributed by atoms with E-state index in [4.69, 9.17) is 0 Å². The van der Waals surface area contributed by atoms with Crippen LogP contribution in [0.15, 0.2) is 51.3 Å². The Balaban J connectivity index is 1.28. The summed E-state index contributed by atoms with van der Waals surface area (Å²) >= 11 is 4.72. The summed E-state index contributed by atoms with van der Waals surface area (Å²) in [5.74, 6) is -0.536. The van der Waals surface area contributed by atoms with Gasteiger partial charge in [0.2, 0.25) is 5.91 Å². The molecule has 2 saturated heterocycles. The van der Waals surface area contributed by atoms with Crippen molar-refractivity contribution in [1.29, 1.82) is 0 Å². The minimum Gasteiger partial charge on any atom is -0.465 e. The Morgan fingerprint density at radius 2 is 1.86 bits per heavy atom. The van der Waals surface area contributed by atoms with Crippen molar-refractivity contribution >= 4 is 49.5 Å². The number of aromatic nitrogens is 2. The standard InChI is InChI=1S/C25H27BrN4O5S/c26-19-13-36-21-20(19)27-15-30(23(21)32)14-25(35)7-10-28(11-8-25)22(31)17-6-9-29(24(33)34)12-18(17)16-4-2-1-3-5-16/h1-5,13,15,17-18,35H,6-12,14H2,(H,33,34)/t17-,18+/m1/s1. The second-order valence-corrected chi connectivity index (χ2v) is 11.4. The van der Waals surface area contributed by atoms with Gasteiger partial charge in [-0.15, -0.1) is 11.3 Å². The van der Waals surface area contributed by atoms with Gasteiger partial charge in [-0.05, 0) is 40.8 Å². The highest BCUT2D eigenvalue weighted by molar-refractivity contribution is 9.10. The minimum absolute atomic E-state index is 0.000342. The molecule has 5 rings (SSSR count). The van der Waals surface area contributed by atoms with Gasteiger partial charge in [0.1, 0.15) is 10.2 Å². The first-order chi connectivity index (χ1) is 17.3. The highest BCUT2D eigenvalue weighted by Crippen LogP contribution is 2.35. The van der Waals surface area contributed by atoms with E-state index in [2.05, 4.69) is 20.9 Å². The molecule has 2 aliphatic rings. The van der Waals surface area contributed by atoms with E-state index in [0.717, 1.165) is 10.0 Å². The number of rotatable bonds is 4. The van der Waals surface area contributed by atoms with Crippen molar-refractivity contribution in [2.24, 2.45) is 5.92 Å². The van der Waals surface area contributed by atoms with Crippen molar-refractivity contribution < 1.29 is 19.8 Å². The molecule has 2 aliphatic heterocycles. The van der Waals surface area contributed by atoms with Gasteiger partial charge in [-0.1, -0.05) is 30.3 Å². The number of carbonyl (C=O) groups is 2. The molecule has 3 aromatic rings. The van der Waals surface area contributed by atoms with Gasteiger partial charge in [0.25, 0.3) is 5.56 Å². The first-order valence-electron chi connectivity index (χ1n) is 11.9. The maximum atomic E-state index is 13.6. The molecule has 36 heavy (non-hydrogen) atoms. The number of benzene rings is 1. The topological polar surface area (TPSA) is 116 Å². The number of halogens is 1. The molecule has 0 spiro atoms. The zero-order valence-electron chi connectivity index (χ0n) is 19.5. The van der Waals surface area contributed by atoms with Gasteiger partial charge in [-0.2, -0.15) is 0 Å². The van der Waals surface area contributed by atoms with Gasteiger partial charge < -0.3 is 20.0 Å². The molecule has 0 saturated carbocycles. The predicted octanol–water partition coefficient (Wildman–Crippen LogP) is 3.36. The second-order valence-electron chi connectivity index (χ2n) is 9.63. The molecule has 0 bridgehead atoms. The SMILES string of the molecule is O=C(O)N1CC[C@@H](C(=O)N2CCC(O)(Cn3cnc4c(Br)csc4c3=O)CC2)[C@H](c2ccccc2)C1. The van der Waals surface area contributed by atoms with Crippen molar-refractivity contribution in [3.05, 3.63) is 62.4 Å². The van der Waals surface area contributed by atoms with Crippen LogP contribution in [0.25, 0.3) is 10.2 Å². The van der Waals surface area contributed by atoms with Crippen LogP contribution in [0.2, 0.25) is 0 Å². The van der Waals surface area contributed by atoms with Crippen molar-refractivity contribution in [3.63, 3.8) is 0 Å². The number of thiophene rings is 1. The summed E-state index contributed by atoms with van der Waals surface area (Å²) in [7, 11) is 0. The van der Waals surface area contributed by atoms with Crippen LogP contribution in [0.3, 0.4) is 0 Å². The molecule has 2 amide bonds. The lowest BCUT2D eigenvalue weighted by atomic mass is 9.79. The quantitative estimate of drug-likeness (QED) is 0.493. The molecule has 2 fully saturated rings. The first kappa shape index (κ1) is 24.9. The number of piperidine rings is 2. The molecule has 2 N–H and O–H groups in total. The fourth-order valence-electron chi connectivity index (χ4n) is 5.34. The zero-order chi connectivity index (χ0) is 25.4. The van der Waals surface area contributed by atoms with E-state index in [1.807, 2.05) is 35.7 Å². The summed E-state index contributed by atoms with van der Waals surface area (Å²) in [6, 6.07) is 9.60. The fraction of sp³-hybridized carbons (Fsp3) is 0.440. The molecule has 9 nitrogen and oxygen atoms in total. The fourth-order valence-corrected chi connectivity index (χ4v) is 6.88. The first-order valence-corrected chi connectivity index (χ1v) is 13.6. The van der Waals surface area contributed by atoms with Crippen molar-refractivity contribution in [2.45, 2.75) is 37.3 Å². The average molecular weight is 575 g/mol. The van der Waals surface area contributed by atoms with E-state index < -0.39 is 11.7 Å². The van der Waals surface area contributed by atoms with E-state index >= 15 is 0 Å².